The molecule has 1 aromatic carbocycles. The summed E-state index contributed by atoms with van der Waals surface area (Å²) in [6.07, 6.45) is -1.49. The van der Waals surface area contributed by atoms with Gasteiger partial charge in [0.15, 0.2) is 0 Å². The molecule has 20 heavy (non-hydrogen) atoms. The van der Waals surface area contributed by atoms with Gasteiger partial charge < -0.3 is 15.1 Å². The third kappa shape index (κ3) is 3.56. The Morgan fingerprint density at radius 2 is 1.90 bits per heavy atom. The summed E-state index contributed by atoms with van der Waals surface area (Å²) in [5, 5.41) is 18.9. The molecule has 5 heteroatoms. The summed E-state index contributed by atoms with van der Waals surface area (Å²) >= 11 is 0. The average Bonchev–Trinajstić information content (AvgIpc) is 2.71. The summed E-state index contributed by atoms with van der Waals surface area (Å²) in [7, 11) is 1.78. The molecule has 1 fully saturated rings. The maximum atomic E-state index is 12.1. The first-order chi connectivity index (χ1) is 9.47. The van der Waals surface area contributed by atoms with Crippen molar-refractivity contribution in [2.45, 2.75) is 25.7 Å². The normalized spacial score (nSPS) is 23.0. The van der Waals surface area contributed by atoms with Crippen LogP contribution in [0.3, 0.4) is 0 Å². The van der Waals surface area contributed by atoms with Gasteiger partial charge in [0.25, 0.3) is 0 Å². The molecule has 2 rings (SSSR count). The second kappa shape index (κ2) is 6.35. The molecule has 1 aromatic rings. The highest BCUT2D eigenvalue weighted by molar-refractivity contribution is 5.78. The van der Waals surface area contributed by atoms with Gasteiger partial charge in [-0.2, -0.15) is 0 Å². The maximum Gasteiger partial charge on any atom is 0.236 e. The third-order valence-electron chi connectivity index (χ3n) is 3.79. The van der Waals surface area contributed by atoms with Crippen molar-refractivity contribution in [3.63, 3.8) is 0 Å². The van der Waals surface area contributed by atoms with E-state index < -0.39 is 12.2 Å². The van der Waals surface area contributed by atoms with Crippen LogP contribution in [0, 0.1) is 6.92 Å². The zero-order valence-corrected chi connectivity index (χ0v) is 12.0. The first-order valence-corrected chi connectivity index (χ1v) is 6.84. The molecule has 0 bridgehead atoms. The number of benzene rings is 1. The molecule has 1 saturated heterocycles. The Hall–Kier alpha value is -1.43. The number of hydrogen-bond donors (Lipinski definition) is 2. The highest BCUT2D eigenvalue weighted by atomic mass is 16.3. The van der Waals surface area contributed by atoms with Gasteiger partial charge in [-0.25, -0.2) is 0 Å². The van der Waals surface area contributed by atoms with Crippen LogP contribution >= 0.6 is 0 Å². The summed E-state index contributed by atoms with van der Waals surface area (Å²) in [4.78, 5) is 15.6. The van der Waals surface area contributed by atoms with E-state index in [-0.39, 0.29) is 12.5 Å². The van der Waals surface area contributed by atoms with Crippen LogP contribution in [0.25, 0.3) is 0 Å². The number of amides is 1. The minimum absolute atomic E-state index is 0.00504. The number of carbonyl (C=O) groups is 1. The third-order valence-corrected chi connectivity index (χ3v) is 3.79. The Kier molecular flexibility index (Phi) is 4.75. The Balaban J connectivity index is 1.88. The van der Waals surface area contributed by atoms with Crippen molar-refractivity contribution in [1.29, 1.82) is 0 Å². The van der Waals surface area contributed by atoms with Crippen molar-refractivity contribution >= 4 is 5.91 Å². The minimum atomic E-state index is -0.746. The molecule has 5 nitrogen and oxygen atoms in total. The van der Waals surface area contributed by atoms with Crippen LogP contribution in [0.1, 0.15) is 11.1 Å². The number of likely N-dealkylation sites (N-methyl/N-ethyl adjacent to an activating group) is 1. The molecule has 0 saturated carbocycles. The predicted molar refractivity (Wildman–Crippen MR) is 76.1 cm³/mol. The summed E-state index contributed by atoms with van der Waals surface area (Å²) in [5.41, 5.74) is 2.30. The number of aliphatic hydroxyl groups is 2. The van der Waals surface area contributed by atoms with E-state index in [0.717, 1.165) is 5.56 Å². The average molecular weight is 278 g/mol. The lowest BCUT2D eigenvalue weighted by Gasteiger charge is -2.22. The van der Waals surface area contributed by atoms with E-state index in [1.807, 2.05) is 31.2 Å². The second-order valence-corrected chi connectivity index (χ2v) is 5.51. The van der Waals surface area contributed by atoms with Gasteiger partial charge in [0.1, 0.15) is 0 Å². The van der Waals surface area contributed by atoms with Crippen molar-refractivity contribution in [2.75, 3.05) is 26.7 Å². The summed E-state index contributed by atoms with van der Waals surface area (Å²) in [6.45, 7) is 3.54. The number of aryl methyl sites for hydroxylation is 1. The molecule has 0 aromatic heterocycles. The quantitative estimate of drug-likeness (QED) is 0.813. The smallest absolute Gasteiger partial charge is 0.236 e. The van der Waals surface area contributed by atoms with E-state index in [1.54, 1.807) is 16.8 Å². The van der Waals surface area contributed by atoms with Crippen LogP contribution in [0.4, 0.5) is 0 Å². The molecule has 1 aliphatic rings. The number of rotatable bonds is 4. The summed E-state index contributed by atoms with van der Waals surface area (Å²) in [5.74, 6) is -0.00504. The topological polar surface area (TPSA) is 64.0 Å². The highest BCUT2D eigenvalue weighted by Crippen LogP contribution is 2.12. The van der Waals surface area contributed by atoms with Crippen LogP contribution < -0.4 is 0 Å². The van der Waals surface area contributed by atoms with Crippen molar-refractivity contribution in [3.05, 3.63) is 35.4 Å². The highest BCUT2D eigenvalue weighted by Gasteiger charge is 2.30. The van der Waals surface area contributed by atoms with E-state index in [1.165, 1.54) is 5.56 Å². The van der Waals surface area contributed by atoms with Gasteiger partial charge in [0.05, 0.1) is 18.8 Å². The van der Waals surface area contributed by atoms with Gasteiger partial charge in [-0.1, -0.05) is 24.3 Å². The standard InChI is InChI=1S/C15H22N2O3/c1-11-5-3-4-6-12(11)7-16(2)15(20)10-17-8-13(18)14(19)9-17/h3-6,13-14,18-19H,7-10H2,1-2H3. The fourth-order valence-electron chi connectivity index (χ4n) is 2.42. The number of likely N-dealkylation sites (tertiary alicyclic amines) is 1. The van der Waals surface area contributed by atoms with Gasteiger partial charge >= 0.3 is 0 Å². The number of hydrogen-bond acceptors (Lipinski definition) is 4. The number of β-amino-alcohol motifs (C(OH)–C–C–N with tert-alkyl or cyclic N) is 2. The minimum Gasteiger partial charge on any atom is -0.389 e. The largest absolute Gasteiger partial charge is 0.389 e. The van der Waals surface area contributed by atoms with E-state index >= 15 is 0 Å². The number of carbonyl (C=O) groups excluding carboxylic acids is 1. The van der Waals surface area contributed by atoms with Crippen molar-refractivity contribution in [1.82, 2.24) is 9.80 Å². The monoisotopic (exact) mass is 278 g/mol. The van der Waals surface area contributed by atoms with Gasteiger partial charge in [-0.3, -0.25) is 9.69 Å². The van der Waals surface area contributed by atoms with Crippen molar-refractivity contribution in [2.24, 2.45) is 0 Å². The van der Waals surface area contributed by atoms with E-state index in [2.05, 4.69) is 0 Å². The molecular formula is C15H22N2O3. The number of aliphatic hydroxyl groups excluding tert-OH is 2. The lowest BCUT2D eigenvalue weighted by Crippen LogP contribution is -2.37. The summed E-state index contributed by atoms with van der Waals surface area (Å²) in [6, 6.07) is 7.99. The molecule has 1 aliphatic heterocycles. The van der Waals surface area contributed by atoms with Crippen LogP contribution in [0.5, 0.6) is 0 Å². The Bertz CT molecular complexity index is 468. The summed E-state index contributed by atoms with van der Waals surface area (Å²) < 4.78 is 0. The molecule has 2 unspecified atom stereocenters. The first kappa shape index (κ1) is 15.0. The Morgan fingerprint density at radius 1 is 1.30 bits per heavy atom. The van der Waals surface area contributed by atoms with Crippen LogP contribution in [0.15, 0.2) is 24.3 Å². The van der Waals surface area contributed by atoms with Crippen LogP contribution in [-0.2, 0) is 11.3 Å². The van der Waals surface area contributed by atoms with E-state index in [4.69, 9.17) is 0 Å². The molecule has 1 heterocycles. The van der Waals surface area contributed by atoms with Crippen LogP contribution in [-0.4, -0.2) is 64.8 Å². The van der Waals surface area contributed by atoms with Gasteiger partial charge in [0, 0.05) is 26.7 Å². The molecule has 0 radical (unpaired) electrons. The Labute approximate surface area is 119 Å². The van der Waals surface area contributed by atoms with Gasteiger partial charge in [-0.05, 0) is 18.1 Å². The maximum absolute atomic E-state index is 12.1. The molecular weight excluding hydrogens is 256 g/mol. The fraction of sp³-hybridized carbons (Fsp3) is 0.533. The zero-order valence-electron chi connectivity index (χ0n) is 12.0. The molecule has 0 spiro atoms. The lowest BCUT2D eigenvalue weighted by molar-refractivity contribution is -0.131. The zero-order chi connectivity index (χ0) is 14.7. The molecule has 0 aliphatic carbocycles. The van der Waals surface area contributed by atoms with Gasteiger partial charge in [-0.15, -0.1) is 0 Å². The van der Waals surface area contributed by atoms with Crippen LogP contribution in [0.2, 0.25) is 0 Å². The van der Waals surface area contributed by atoms with Crippen molar-refractivity contribution in [3.8, 4) is 0 Å². The van der Waals surface area contributed by atoms with E-state index in [9.17, 15) is 15.0 Å². The van der Waals surface area contributed by atoms with Crippen molar-refractivity contribution < 1.29 is 15.0 Å². The molecule has 110 valence electrons. The van der Waals surface area contributed by atoms with E-state index in [0.29, 0.717) is 19.6 Å². The fourth-order valence-corrected chi connectivity index (χ4v) is 2.42. The first-order valence-electron chi connectivity index (χ1n) is 6.84. The molecule has 2 atom stereocenters. The predicted octanol–water partition coefficient (Wildman–Crippen LogP) is -0.00918. The Morgan fingerprint density at radius 3 is 2.50 bits per heavy atom. The SMILES string of the molecule is Cc1ccccc1CN(C)C(=O)CN1CC(O)C(O)C1. The molecule has 2 N–H and O–H groups in total. The van der Waals surface area contributed by atoms with Gasteiger partial charge in [0.2, 0.25) is 5.91 Å². The lowest BCUT2D eigenvalue weighted by atomic mass is 10.1. The number of nitrogens with zero attached hydrogens (tertiary/aromatic N) is 2. The second-order valence-electron chi connectivity index (χ2n) is 5.51. The molecule has 1 amide bonds.